The van der Waals surface area contributed by atoms with Crippen molar-refractivity contribution in [2.45, 2.75) is 12.1 Å². The Hall–Kier alpha value is -4.02. The summed E-state index contributed by atoms with van der Waals surface area (Å²) in [5, 5.41) is 14.0. The molecular formula is C27H26ClN5O4S. The predicted octanol–water partition coefficient (Wildman–Crippen LogP) is 5.16. The van der Waals surface area contributed by atoms with Crippen molar-refractivity contribution in [3.63, 3.8) is 0 Å². The van der Waals surface area contributed by atoms with Crippen molar-refractivity contribution in [2.75, 3.05) is 27.1 Å². The van der Waals surface area contributed by atoms with Crippen molar-refractivity contribution in [3.05, 3.63) is 76.8 Å². The van der Waals surface area contributed by atoms with Gasteiger partial charge in [-0.15, -0.1) is 10.2 Å². The summed E-state index contributed by atoms with van der Waals surface area (Å²) in [6.07, 6.45) is 1.50. The van der Waals surface area contributed by atoms with E-state index in [1.165, 1.54) is 39.3 Å². The standard InChI is InChI=1S/C27H26ClN5O4S/c1-17-5-11-21(12-6-17)33-26(19-7-9-20(28)10-8-19)31-32-27(33)38-16-24(34)30-29-15-18-13-22(35-2)25(37-4)23(14-18)36-3/h5-15H,16H2,1-4H3,(H,30,34). The van der Waals surface area contributed by atoms with Gasteiger partial charge in [0.15, 0.2) is 22.5 Å². The Kier molecular flexibility index (Phi) is 8.88. The monoisotopic (exact) mass is 551 g/mol. The van der Waals surface area contributed by atoms with E-state index in [1.807, 2.05) is 47.9 Å². The van der Waals surface area contributed by atoms with Crippen molar-refractivity contribution < 1.29 is 19.0 Å². The van der Waals surface area contributed by atoms with E-state index < -0.39 is 0 Å². The average Bonchev–Trinajstić information content (AvgIpc) is 3.36. The lowest BCUT2D eigenvalue weighted by Crippen LogP contribution is -2.20. The molecule has 1 aromatic heterocycles. The molecule has 0 unspecified atom stereocenters. The predicted molar refractivity (Wildman–Crippen MR) is 149 cm³/mol. The van der Waals surface area contributed by atoms with E-state index in [-0.39, 0.29) is 11.7 Å². The summed E-state index contributed by atoms with van der Waals surface area (Å²) < 4.78 is 17.9. The van der Waals surface area contributed by atoms with Crippen molar-refractivity contribution in [1.82, 2.24) is 20.2 Å². The maximum absolute atomic E-state index is 12.6. The molecule has 0 aliphatic carbocycles. The van der Waals surface area contributed by atoms with Crippen LogP contribution in [0.15, 0.2) is 70.9 Å². The molecule has 11 heteroatoms. The Morgan fingerprint density at radius 3 is 2.26 bits per heavy atom. The van der Waals surface area contributed by atoms with Gasteiger partial charge in [-0.1, -0.05) is 41.1 Å². The number of benzene rings is 3. The Morgan fingerprint density at radius 1 is 1.00 bits per heavy atom. The van der Waals surface area contributed by atoms with Crippen molar-refractivity contribution >= 4 is 35.5 Å². The fourth-order valence-corrected chi connectivity index (χ4v) is 4.46. The number of ether oxygens (including phenoxy) is 3. The summed E-state index contributed by atoms with van der Waals surface area (Å²) in [6.45, 7) is 2.02. The number of carbonyl (C=O) groups is 1. The van der Waals surface area contributed by atoms with Crippen LogP contribution in [-0.2, 0) is 4.79 Å². The minimum atomic E-state index is -0.301. The number of halogens is 1. The van der Waals surface area contributed by atoms with E-state index in [4.69, 9.17) is 25.8 Å². The van der Waals surface area contributed by atoms with Crippen LogP contribution in [0, 0.1) is 6.92 Å². The number of hydrazone groups is 1. The lowest BCUT2D eigenvalue weighted by Gasteiger charge is -2.12. The highest BCUT2D eigenvalue weighted by atomic mass is 35.5. The van der Waals surface area contributed by atoms with Gasteiger partial charge in [0, 0.05) is 21.8 Å². The van der Waals surface area contributed by atoms with E-state index >= 15 is 0 Å². The molecule has 0 atom stereocenters. The van der Waals surface area contributed by atoms with Crippen LogP contribution in [0.2, 0.25) is 5.02 Å². The number of aryl methyl sites for hydroxylation is 1. The third-order valence-electron chi connectivity index (χ3n) is 5.45. The molecule has 196 valence electrons. The fourth-order valence-electron chi connectivity index (χ4n) is 3.59. The van der Waals surface area contributed by atoms with Crippen LogP contribution in [0.5, 0.6) is 17.2 Å². The molecule has 3 aromatic carbocycles. The van der Waals surface area contributed by atoms with Gasteiger partial charge in [-0.05, 0) is 55.5 Å². The van der Waals surface area contributed by atoms with Gasteiger partial charge in [0.2, 0.25) is 5.75 Å². The summed E-state index contributed by atoms with van der Waals surface area (Å²) in [6, 6.07) is 18.8. The van der Waals surface area contributed by atoms with Crippen LogP contribution < -0.4 is 19.6 Å². The molecule has 0 aliphatic heterocycles. The second-order valence-electron chi connectivity index (χ2n) is 8.02. The Balaban J connectivity index is 1.49. The number of carbonyl (C=O) groups excluding carboxylic acids is 1. The van der Waals surface area contributed by atoms with Crippen LogP contribution in [0.25, 0.3) is 17.1 Å². The van der Waals surface area contributed by atoms with Crippen LogP contribution in [0.4, 0.5) is 0 Å². The van der Waals surface area contributed by atoms with Gasteiger partial charge < -0.3 is 14.2 Å². The number of nitrogens with one attached hydrogen (secondary N) is 1. The molecule has 4 aromatic rings. The molecule has 0 bridgehead atoms. The zero-order valence-corrected chi connectivity index (χ0v) is 22.8. The van der Waals surface area contributed by atoms with Gasteiger partial charge >= 0.3 is 0 Å². The summed E-state index contributed by atoms with van der Waals surface area (Å²) >= 11 is 7.32. The van der Waals surface area contributed by atoms with Crippen molar-refractivity contribution in [1.29, 1.82) is 0 Å². The van der Waals surface area contributed by atoms with Crippen LogP contribution in [0.1, 0.15) is 11.1 Å². The summed E-state index contributed by atoms with van der Waals surface area (Å²) in [5.74, 6) is 1.88. The van der Waals surface area contributed by atoms with E-state index in [0.29, 0.717) is 38.8 Å². The van der Waals surface area contributed by atoms with Gasteiger partial charge in [0.1, 0.15) is 0 Å². The number of methoxy groups -OCH3 is 3. The minimum Gasteiger partial charge on any atom is -0.493 e. The third-order valence-corrected chi connectivity index (χ3v) is 6.63. The highest BCUT2D eigenvalue weighted by molar-refractivity contribution is 7.99. The lowest BCUT2D eigenvalue weighted by atomic mass is 10.2. The first-order valence-electron chi connectivity index (χ1n) is 11.5. The molecule has 38 heavy (non-hydrogen) atoms. The fraction of sp³-hybridized carbons (Fsp3) is 0.185. The molecule has 9 nitrogen and oxygen atoms in total. The SMILES string of the molecule is COc1cc(C=NNC(=O)CSc2nnc(-c3ccc(Cl)cc3)n2-c2ccc(C)cc2)cc(OC)c1OC. The molecule has 0 fully saturated rings. The summed E-state index contributed by atoms with van der Waals surface area (Å²) in [4.78, 5) is 12.6. The first-order chi connectivity index (χ1) is 18.4. The third kappa shape index (κ3) is 6.27. The Morgan fingerprint density at radius 2 is 1.66 bits per heavy atom. The first-order valence-corrected chi connectivity index (χ1v) is 12.8. The maximum Gasteiger partial charge on any atom is 0.250 e. The van der Waals surface area contributed by atoms with E-state index in [0.717, 1.165) is 16.8 Å². The number of amides is 1. The zero-order chi connectivity index (χ0) is 27.1. The van der Waals surface area contributed by atoms with Crippen molar-refractivity contribution in [2.24, 2.45) is 5.10 Å². The second-order valence-corrected chi connectivity index (χ2v) is 9.40. The highest BCUT2D eigenvalue weighted by Crippen LogP contribution is 2.37. The smallest absolute Gasteiger partial charge is 0.250 e. The lowest BCUT2D eigenvalue weighted by molar-refractivity contribution is -0.118. The molecule has 0 saturated heterocycles. The van der Waals surface area contributed by atoms with Gasteiger partial charge in [0.05, 0.1) is 33.3 Å². The number of rotatable bonds is 10. The molecule has 1 amide bonds. The molecule has 0 aliphatic rings. The van der Waals surface area contributed by atoms with Gasteiger partial charge in [-0.25, -0.2) is 5.43 Å². The molecule has 0 spiro atoms. The van der Waals surface area contributed by atoms with Gasteiger partial charge in [0.25, 0.3) is 5.91 Å². The van der Waals surface area contributed by atoms with E-state index in [1.54, 1.807) is 24.3 Å². The van der Waals surface area contributed by atoms with Gasteiger partial charge in [-0.3, -0.25) is 9.36 Å². The Bertz CT molecular complexity index is 1410. The van der Waals surface area contributed by atoms with Gasteiger partial charge in [-0.2, -0.15) is 5.10 Å². The van der Waals surface area contributed by atoms with Crippen LogP contribution >= 0.6 is 23.4 Å². The molecule has 0 saturated carbocycles. The number of hydrogen-bond acceptors (Lipinski definition) is 8. The van der Waals surface area contributed by atoms with E-state index in [2.05, 4.69) is 20.7 Å². The molecular weight excluding hydrogens is 526 g/mol. The molecule has 1 N–H and O–H groups in total. The maximum atomic E-state index is 12.6. The number of thioether (sulfide) groups is 1. The quantitative estimate of drug-likeness (QED) is 0.165. The van der Waals surface area contributed by atoms with Crippen LogP contribution in [-0.4, -0.2) is 54.0 Å². The summed E-state index contributed by atoms with van der Waals surface area (Å²) in [5.41, 5.74) is 6.08. The zero-order valence-electron chi connectivity index (χ0n) is 21.3. The minimum absolute atomic E-state index is 0.0806. The molecule has 1 heterocycles. The van der Waals surface area contributed by atoms with Crippen molar-refractivity contribution in [3.8, 4) is 34.3 Å². The molecule has 4 rings (SSSR count). The average molecular weight is 552 g/mol. The Labute approximate surface area is 229 Å². The topological polar surface area (TPSA) is 99.9 Å². The summed E-state index contributed by atoms with van der Waals surface area (Å²) in [7, 11) is 4.60. The normalized spacial score (nSPS) is 11.0. The molecule has 0 radical (unpaired) electrons. The number of aromatic nitrogens is 3. The number of nitrogens with zero attached hydrogens (tertiary/aromatic N) is 4. The first kappa shape index (κ1) is 27.0. The second kappa shape index (κ2) is 12.5. The number of hydrogen-bond donors (Lipinski definition) is 1. The largest absolute Gasteiger partial charge is 0.493 e. The highest BCUT2D eigenvalue weighted by Gasteiger charge is 2.17. The van der Waals surface area contributed by atoms with Crippen LogP contribution in [0.3, 0.4) is 0 Å². The van der Waals surface area contributed by atoms with E-state index in [9.17, 15) is 4.79 Å².